The highest BCUT2D eigenvalue weighted by molar-refractivity contribution is 4.88. The van der Waals surface area contributed by atoms with E-state index in [9.17, 15) is 0 Å². The predicted octanol–water partition coefficient (Wildman–Crippen LogP) is 2.99. The average Bonchev–Trinajstić information content (AvgIpc) is 2.21. The molecular formula is C15H32N2. The summed E-state index contributed by atoms with van der Waals surface area (Å²) in [5.41, 5.74) is 0.395. The molecule has 0 aromatic heterocycles. The van der Waals surface area contributed by atoms with Gasteiger partial charge in [0.1, 0.15) is 0 Å². The smallest absolute Gasteiger partial charge is 0.0120 e. The van der Waals surface area contributed by atoms with Crippen LogP contribution >= 0.6 is 0 Å². The van der Waals surface area contributed by atoms with Gasteiger partial charge in [-0.1, -0.05) is 34.6 Å². The summed E-state index contributed by atoms with van der Waals surface area (Å²) < 4.78 is 0. The Labute approximate surface area is 108 Å². The van der Waals surface area contributed by atoms with E-state index >= 15 is 0 Å². The molecule has 1 fully saturated rings. The molecule has 1 aliphatic heterocycles. The Hall–Kier alpha value is -0.0800. The molecule has 1 saturated heterocycles. The molecule has 0 amide bonds. The molecule has 0 aromatic rings. The van der Waals surface area contributed by atoms with Crippen LogP contribution in [0.25, 0.3) is 0 Å². The van der Waals surface area contributed by atoms with Gasteiger partial charge in [0.15, 0.2) is 0 Å². The zero-order valence-electron chi connectivity index (χ0n) is 12.9. The van der Waals surface area contributed by atoms with Crippen molar-refractivity contribution in [3.8, 4) is 0 Å². The van der Waals surface area contributed by atoms with Crippen LogP contribution in [-0.2, 0) is 0 Å². The van der Waals surface area contributed by atoms with Gasteiger partial charge in [-0.25, -0.2) is 0 Å². The van der Waals surface area contributed by atoms with Crippen molar-refractivity contribution in [2.45, 2.75) is 60.0 Å². The molecule has 1 rings (SSSR count). The normalized spacial score (nSPS) is 32.1. The standard InChI is InChI=1S/C15H32N2/c1-11(2)15(5,6)10-16-14-8-13(4)17(7)9-12(14)3/h11-14,16H,8-10H2,1-7H3. The lowest BCUT2D eigenvalue weighted by molar-refractivity contribution is 0.110. The van der Waals surface area contributed by atoms with Crippen LogP contribution in [0.4, 0.5) is 0 Å². The zero-order valence-corrected chi connectivity index (χ0v) is 12.9. The quantitative estimate of drug-likeness (QED) is 0.813. The van der Waals surface area contributed by atoms with Crippen molar-refractivity contribution in [3.63, 3.8) is 0 Å². The molecule has 102 valence electrons. The largest absolute Gasteiger partial charge is 0.313 e. The van der Waals surface area contributed by atoms with Crippen LogP contribution in [0, 0.1) is 17.3 Å². The Morgan fingerprint density at radius 2 is 1.88 bits per heavy atom. The molecule has 0 bridgehead atoms. The highest BCUT2D eigenvalue weighted by Crippen LogP contribution is 2.27. The van der Waals surface area contributed by atoms with E-state index in [1.54, 1.807) is 0 Å². The van der Waals surface area contributed by atoms with Gasteiger partial charge in [0.25, 0.3) is 0 Å². The van der Waals surface area contributed by atoms with Crippen LogP contribution in [-0.4, -0.2) is 37.1 Å². The molecular weight excluding hydrogens is 208 g/mol. The number of hydrogen-bond acceptors (Lipinski definition) is 2. The van der Waals surface area contributed by atoms with Gasteiger partial charge in [-0.2, -0.15) is 0 Å². The molecule has 3 unspecified atom stereocenters. The van der Waals surface area contributed by atoms with E-state index < -0.39 is 0 Å². The van der Waals surface area contributed by atoms with Gasteiger partial charge >= 0.3 is 0 Å². The molecule has 0 aromatic carbocycles. The summed E-state index contributed by atoms with van der Waals surface area (Å²) in [6.45, 7) is 16.5. The molecule has 0 aliphatic carbocycles. The highest BCUT2D eigenvalue weighted by Gasteiger charge is 2.30. The van der Waals surface area contributed by atoms with Gasteiger partial charge in [-0.15, -0.1) is 0 Å². The number of nitrogens with zero attached hydrogens (tertiary/aromatic N) is 1. The Bertz CT molecular complexity index is 235. The lowest BCUT2D eigenvalue weighted by atomic mass is 9.80. The summed E-state index contributed by atoms with van der Waals surface area (Å²) in [6.07, 6.45) is 1.28. The third-order valence-electron chi connectivity index (χ3n) is 4.99. The second-order valence-electron chi connectivity index (χ2n) is 7.13. The maximum Gasteiger partial charge on any atom is 0.0120 e. The van der Waals surface area contributed by atoms with Gasteiger partial charge in [0.2, 0.25) is 0 Å². The first kappa shape index (κ1) is 15.0. The second kappa shape index (κ2) is 5.71. The van der Waals surface area contributed by atoms with Crippen molar-refractivity contribution in [2.75, 3.05) is 20.1 Å². The Morgan fingerprint density at radius 1 is 1.29 bits per heavy atom. The Morgan fingerprint density at radius 3 is 2.41 bits per heavy atom. The maximum atomic E-state index is 3.82. The van der Waals surface area contributed by atoms with E-state index in [2.05, 4.69) is 58.8 Å². The lowest BCUT2D eigenvalue weighted by Crippen LogP contribution is -2.52. The van der Waals surface area contributed by atoms with E-state index in [0.717, 1.165) is 18.4 Å². The first-order chi connectivity index (χ1) is 7.74. The average molecular weight is 240 g/mol. The third kappa shape index (κ3) is 3.96. The second-order valence-corrected chi connectivity index (χ2v) is 7.13. The van der Waals surface area contributed by atoms with Crippen LogP contribution in [0.5, 0.6) is 0 Å². The van der Waals surface area contributed by atoms with Crippen LogP contribution in [0.3, 0.4) is 0 Å². The molecule has 0 radical (unpaired) electrons. The van der Waals surface area contributed by atoms with E-state index in [4.69, 9.17) is 0 Å². The van der Waals surface area contributed by atoms with Crippen LogP contribution < -0.4 is 5.32 Å². The number of nitrogens with one attached hydrogen (secondary N) is 1. The molecule has 1 N–H and O–H groups in total. The molecule has 3 atom stereocenters. The fourth-order valence-corrected chi connectivity index (χ4v) is 2.42. The molecule has 2 nitrogen and oxygen atoms in total. The van der Waals surface area contributed by atoms with E-state index in [-0.39, 0.29) is 0 Å². The van der Waals surface area contributed by atoms with Crippen molar-refractivity contribution in [3.05, 3.63) is 0 Å². The lowest BCUT2D eigenvalue weighted by Gasteiger charge is -2.42. The molecule has 1 heterocycles. The van der Waals surface area contributed by atoms with Gasteiger partial charge in [-0.3, -0.25) is 0 Å². The van der Waals surface area contributed by atoms with Crippen molar-refractivity contribution in [1.29, 1.82) is 0 Å². The van der Waals surface area contributed by atoms with Gasteiger partial charge in [0, 0.05) is 25.2 Å². The molecule has 17 heavy (non-hydrogen) atoms. The molecule has 2 heteroatoms. The minimum atomic E-state index is 0.395. The monoisotopic (exact) mass is 240 g/mol. The van der Waals surface area contributed by atoms with Crippen LogP contribution in [0.2, 0.25) is 0 Å². The summed E-state index contributed by atoms with van der Waals surface area (Å²) in [7, 11) is 2.25. The third-order valence-corrected chi connectivity index (χ3v) is 4.99. The number of likely N-dealkylation sites (tertiary alicyclic amines) is 1. The van der Waals surface area contributed by atoms with Gasteiger partial charge < -0.3 is 10.2 Å². The minimum Gasteiger partial charge on any atom is -0.313 e. The van der Waals surface area contributed by atoms with Crippen molar-refractivity contribution >= 4 is 0 Å². The summed E-state index contributed by atoms with van der Waals surface area (Å²) in [5.74, 6) is 1.49. The van der Waals surface area contributed by atoms with Crippen molar-refractivity contribution in [2.24, 2.45) is 17.3 Å². The fraction of sp³-hybridized carbons (Fsp3) is 1.00. The predicted molar refractivity (Wildman–Crippen MR) is 76.3 cm³/mol. The Balaban J connectivity index is 2.46. The zero-order chi connectivity index (χ0) is 13.2. The van der Waals surface area contributed by atoms with E-state index in [1.807, 2.05) is 0 Å². The minimum absolute atomic E-state index is 0.395. The number of hydrogen-bond donors (Lipinski definition) is 1. The topological polar surface area (TPSA) is 15.3 Å². The first-order valence-corrected chi connectivity index (χ1v) is 7.17. The summed E-state index contributed by atoms with van der Waals surface area (Å²) in [5, 5.41) is 3.82. The number of piperidine rings is 1. The highest BCUT2D eigenvalue weighted by atomic mass is 15.2. The van der Waals surface area contributed by atoms with Gasteiger partial charge in [0.05, 0.1) is 0 Å². The molecule has 0 saturated carbocycles. The molecule has 1 aliphatic rings. The van der Waals surface area contributed by atoms with Crippen molar-refractivity contribution < 1.29 is 0 Å². The van der Waals surface area contributed by atoms with Crippen LogP contribution in [0.15, 0.2) is 0 Å². The van der Waals surface area contributed by atoms with E-state index in [0.29, 0.717) is 17.5 Å². The Kier molecular flexibility index (Phi) is 5.03. The maximum absolute atomic E-state index is 3.82. The number of rotatable bonds is 4. The summed E-state index contributed by atoms with van der Waals surface area (Å²) >= 11 is 0. The first-order valence-electron chi connectivity index (χ1n) is 7.17. The SMILES string of the molecule is CC1CN(C)C(C)CC1NCC(C)(C)C(C)C. The van der Waals surface area contributed by atoms with E-state index in [1.165, 1.54) is 13.0 Å². The van der Waals surface area contributed by atoms with Gasteiger partial charge in [-0.05, 0) is 37.6 Å². The fourth-order valence-electron chi connectivity index (χ4n) is 2.42. The summed E-state index contributed by atoms with van der Waals surface area (Å²) in [4.78, 5) is 2.48. The van der Waals surface area contributed by atoms with Crippen LogP contribution in [0.1, 0.15) is 48.0 Å². The van der Waals surface area contributed by atoms with Crippen molar-refractivity contribution in [1.82, 2.24) is 10.2 Å². The molecule has 0 spiro atoms. The summed E-state index contributed by atoms with van der Waals surface area (Å²) in [6, 6.07) is 1.41.